The molecule has 1 aromatic carbocycles. The van der Waals surface area contributed by atoms with Gasteiger partial charge in [-0.25, -0.2) is 10.8 Å². The summed E-state index contributed by atoms with van der Waals surface area (Å²) in [5.74, 6) is 6.34. The van der Waals surface area contributed by atoms with Crippen molar-refractivity contribution < 1.29 is 4.79 Å². The Balaban J connectivity index is 1.75. The van der Waals surface area contributed by atoms with E-state index in [4.69, 9.17) is 11.6 Å². The number of amides is 1. The number of nitrogens with zero attached hydrogens (tertiary/aromatic N) is 3. The number of fused-ring (bicyclic) bond motifs is 1. The summed E-state index contributed by atoms with van der Waals surface area (Å²) >= 11 is 0. The molecule has 2 aromatic rings. The van der Waals surface area contributed by atoms with Crippen LogP contribution in [0.4, 0.5) is 5.82 Å². The first-order valence-corrected chi connectivity index (χ1v) is 8.89. The lowest BCUT2D eigenvalue weighted by Gasteiger charge is -2.25. The van der Waals surface area contributed by atoms with E-state index in [1.165, 1.54) is 17.6 Å². The van der Waals surface area contributed by atoms with Crippen LogP contribution >= 0.6 is 0 Å². The second kappa shape index (κ2) is 8.16. The van der Waals surface area contributed by atoms with Crippen molar-refractivity contribution in [2.75, 3.05) is 32.0 Å². The number of carbonyl (C=O) groups is 1. The van der Waals surface area contributed by atoms with E-state index >= 15 is 0 Å². The normalized spacial score (nSPS) is 15.8. The Hall–Kier alpha value is -2.64. The van der Waals surface area contributed by atoms with Crippen LogP contribution in [0, 0.1) is 0 Å². The van der Waals surface area contributed by atoms with Crippen LogP contribution in [0.1, 0.15) is 24.8 Å². The number of rotatable bonds is 5. The van der Waals surface area contributed by atoms with E-state index in [0.717, 1.165) is 48.0 Å². The van der Waals surface area contributed by atoms with Crippen molar-refractivity contribution in [1.29, 1.82) is 0 Å². The number of hydrogen-bond acceptors (Lipinski definition) is 6. The van der Waals surface area contributed by atoms with Gasteiger partial charge in [-0.1, -0.05) is 18.6 Å². The summed E-state index contributed by atoms with van der Waals surface area (Å²) in [5, 5.41) is 6.33. The topological polar surface area (TPSA) is 101 Å². The Morgan fingerprint density at radius 3 is 2.73 bits per heavy atom. The van der Waals surface area contributed by atoms with Crippen molar-refractivity contribution in [3.8, 4) is 0 Å². The molecule has 0 aliphatic carbocycles. The van der Waals surface area contributed by atoms with Gasteiger partial charge in [0.2, 0.25) is 5.91 Å². The van der Waals surface area contributed by atoms with Crippen molar-refractivity contribution >= 4 is 28.2 Å². The summed E-state index contributed by atoms with van der Waals surface area (Å²) in [7, 11) is 1.74. The van der Waals surface area contributed by atoms with Crippen LogP contribution < -0.4 is 16.9 Å². The molecule has 7 nitrogen and oxygen atoms in total. The first kappa shape index (κ1) is 18.2. The molecule has 138 valence electrons. The summed E-state index contributed by atoms with van der Waals surface area (Å²) in [5.41, 5.74) is 7.30. The first-order valence-electron chi connectivity index (χ1n) is 8.89. The number of aromatic nitrogens is 1. The van der Waals surface area contributed by atoms with E-state index < -0.39 is 0 Å². The van der Waals surface area contributed by atoms with E-state index in [-0.39, 0.29) is 5.91 Å². The Morgan fingerprint density at radius 1 is 1.27 bits per heavy atom. The van der Waals surface area contributed by atoms with E-state index in [1.54, 1.807) is 13.2 Å². The summed E-state index contributed by atoms with van der Waals surface area (Å²) in [6.07, 6.45) is 6.81. The average Bonchev–Trinajstić information content (AvgIpc) is 2.62. The van der Waals surface area contributed by atoms with Crippen LogP contribution in [0.2, 0.25) is 0 Å². The van der Waals surface area contributed by atoms with Crippen LogP contribution in [-0.4, -0.2) is 47.5 Å². The van der Waals surface area contributed by atoms with Gasteiger partial charge in [0.25, 0.3) is 0 Å². The molecular formula is C19H26N6O. The van der Waals surface area contributed by atoms with Crippen molar-refractivity contribution in [2.45, 2.75) is 19.3 Å². The highest BCUT2D eigenvalue weighted by Gasteiger charge is 2.14. The molecule has 0 saturated carbocycles. The minimum atomic E-state index is -0.0286. The Kier molecular flexibility index (Phi) is 5.70. The molecule has 0 atom stereocenters. The van der Waals surface area contributed by atoms with Gasteiger partial charge in [0.15, 0.2) is 0 Å². The number of hydrogen-bond donors (Lipinski definition) is 3. The van der Waals surface area contributed by atoms with Crippen molar-refractivity contribution in [3.05, 3.63) is 42.2 Å². The smallest absolute Gasteiger partial charge is 0.239 e. The van der Waals surface area contributed by atoms with E-state index in [9.17, 15) is 4.79 Å². The third-order valence-electron chi connectivity index (χ3n) is 4.64. The van der Waals surface area contributed by atoms with Gasteiger partial charge in [0.05, 0.1) is 12.2 Å². The highest BCUT2D eigenvalue weighted by Crippen LogP contribution is 2.23. The molecule has 1 amide bonds. The lowest BCUT2D eigenvalue weighted by atomic mass is 10.1. The maximum absolute atomic E-state index is 12.3. The van der Waals surface area contributed by atoms with Gasteiger partial charge >= 0.3 is 0 Å². The molecule has 1 saturated heterocycles. The Labute approximate surface area is 153 Å². The molecule has 3 rings (SSSR count). The van der Waals surface area contributed by atoms with E-state index in [0.29, 0.717) is 12.4 Å². The quantitative estimate of drug-likeness (QED) is 0.558. The summed E-state index contributed by atoms with van der Waals surface area (Å²) < 4.78 is 0. The molecule has 0 radical (unpaired) electrons. The average molecular weight is 354 g/mol. The maximum Gasteiger partial charge on any atom is 0.239 e. The summed E-state index contributed by atoms with van der Waals surface area (Å²) in [6, 6.07) is 7.77. The minimum absolute atomic E-state index is 0.0286. The molecule has 1 aliphatic rings. The molecule has 1 aliphatic heterocycles. The molecular weight excluding hydrogens is 328 g/mol. The number of nitrogens with one attached hydrogen (secondary N) is 1. The predicted octanol–water partition coefficient (Wildman–Crippen LogP) is 1.72. The van der Waals surface area contributed by atoms with Gasteiger partial charge in [-0.2, -0.15) is 0 Å². The Morgan fingerprint density at radius 2 is 2.04 bits per heavy atom. The minimum Gasteiger partial charge on any atom is -0.403 e. The number of pyridine rings is 1. The van der Waals surface area contributed by atoms with Gasteiger partial charge < -0.3 is 16.1 Å². The number of benzene rings is 1. The van der Waals surface area contributed by atoms with Crippen LogP contribution in [0.15, 0.2) is 36.7 Å². The zero-order chi connectivity index (χ0) is 18.5. The monoisotopic (exact) mass is 354 g/mol. The molecule has 26 heavy (non-hydrogen) atoms. The summed E-state index contributed by atoms with van der Waals surface area (Å²) in [6.45, 7) is 2.39. The lowest BCUT2D eigenvalue weighted by molar-refractivity contribution is -0.117. The fraction of sp³-hybridized carbons (Fsp3) is 0.368. The van der Waals surface area contributed by atoms with Crippen LogP contribution in [-0.2, 0) is 4.79 Å². The fourth-order valence-corrected chi connectivity index (χ4v) is 3.29. The SMILES string of the molecule is CN(N)/C(=C\N)c1ccc2cnc(NC(=O)CN3CCCCC3)cc2c1. The van der Waals surface area contributed by atoms with Gasteiger partial charge in [-0.05, 0) is 43.5 Å². The van der Waals surface area contributed by atoms with Gasteiger partial charge in [0.1, 0.15) is 5.82 Å². The maximum atomic E-state index is 12.3. The zero-order valence-corrected chi connectivity index (χ0v) is 15.1. The third-order valence-corrected chi connectivity index (χ3v) is 4.64. The molecule has 0 unspecified atom stereocenters. The highest BCUT2D eigenvalue weighted by atomic mass is 16.2. The second-order valence-corrected chi connectivity index (χ2v) is 6.68. The first-order chi connectivity index (χ1) is 12.6. The van der Waals surface area contributed by atoms with E-state index in [2.05, 4.69) is 15.2 Å². The molecule has 1 aromatic heterocycles. The molecule has 0 spiro atoms. The highest BCUT2D eigenvalue weighted by molar-refractivity contribution is 5.94. The number of anilines is 1. The predicted molar refractivity (Wildman–Crippen MR) is 105 cm³/mol. The zero-order valence-electron chi connectivity index (χ0n) is 15.1. The molecule has 1 fully saturated rings. The largest absolute Gasteiger partial charge is 0.403 e. The van der Waals surface area contributed by atoms with Gasteiger partial charge in [-0.3, -0.25) is 9.69 Å². The molecule has 7 heteroatoms. The number of likely N-dealkylation sites (tertiary alicyclic amines) is 1. The number of hydrazine groups is 1. The van der Waals surface area contributed by atoms with E-state index in [1.807, 2.05) is 24.3 Å². The molecule has 0 bridgehead atoms. The van der Waals surface area contributed by atoms with Crippen molar-refractivity contribution in [1.82, 2.24) is 14.9 Å². The number of piperidine rings is 1. The third kappa shape index (κ3) is 4.30. The standard InChI is InChI=1S/C19H26N6O/c1-24(21)17(11-20)14-5-6-15-12-22-18(10-16(15)9-14)23-19(26)13-25-7-3-2-4-8-25/h5-6,9-12H,2-4,7-8,13,20-21H2,1H3,(H,22,23,26)/b17-11-. The van der Waals surface area contributed by atoms with Crippen LogP contribution in [0.25, 0.3) is 16.5 Å². The Bertz CT molecular complexity index is 811. The summed E-state index contributed by atoms with van der Waals surface area (Å²) in [4.78, 5) is 18.8. The number of nitrogens with two attached hydrogens (primary N) is 2. The lowest BCUT2D eigenvalue weighted by Crippen LogP contribution is -2.36. The van der Waals surface area contributed by atoms with Gasteiger partial charge in [-0.15, -0.1) is 0 Å². The van der Waals surface area contributed by atoms with Crippen LogP contribution in [0.5, 0.6) is 0 Å². The van der Waals surface area contributed by atoms with Crippen molar-refractivity contribution in [3.63, 3.8) is 0 Å². The molecule has 2 heterocycles. The fourth-order valence-electron chi connectivity index (χ4n) is 3.29. The number of carbonyl (C=O) groups excluding carboxylic acids is 1. The second-order valence-electron chi connectivity index (χ2n) is 6.68. The van der Waals surface area contributed by atoms with Gasteiger partial charge in [0, 0.05) is 30.4 Å². The van der Waals surface area contributed by atoms with Crippen LogP contribution in [0.3, 0.4) is 0 Å². The molecule has 5 N–H and O–H groups in total. The van der Waals surface area contributed by atoms with Crippen molar-refractivity contribution in [2.24, 2.45) is 11.6 Å².